The number of aliphatic hydroxyl groups excluding tert-OH is 1. The van der Waals surface area contributed by atoms with Gasteiger partial charge in [0.2, 0.25) is 0 Å². The molecule has 6 heteroatoms. The predicted molar refractivity (Wildman–Crippen MR) is 98.9 cm³/mol. The number of benzene rings is 2. The Morgan fingerprint density at radius 3 is 2.93 bits per heavy atom. The minimum absolute atomic E-state index is 0.338. The van der Waals surface area contributed by atoms with Gasteiger partial charge in [-0.1, -0.05) is 12.1 Å². The number of halogens is 1. The summed E-state index contributed by atoms with van der Waals surface area (Å²) in [6, 6.07) is 10.5. The number of fused-ring (bicyclic) bond motifs is 1. The topological polar surface area (TPSA) is 51.2 Å². The molecule has 2 atom stereocenters. The maximum atomic E-state index is 13.3. The summed E-state index contributed by atoms with van der Waals surface area (Å²) in [5.74, 6) is 1.40. The summed E-state index contributed by atoms with van der Waals surface area (Å²) in [5, 5.41) is 10.6. The van der Waals surface area contributed by atoms with Crippen molar-refractivity contribution in [1.29, 1.82) is 0 Å². The second kappa shape index (κ2) is 7.74. The Bertz CT molecular complexity index is 813. The number of methoxy groups -OCH3 is 1. The molecule has 0 aromatic heterocycles. The molecule has 0 bridgehead atoms. The van der Waals surface area contributed by atoms with Crippen LogP contribution < -0.4 is 14.2 Å². The minimum atomic E-state index is -0.619. The van der Waals surface area contributed by atoms with E-state index in [1.165, 1.54) is 30.4 Å². The van der Waals surface area contributed by atoms with Crippen molar-refractivity contribution >= 4 is 0 Å². The van der Waals surface area contributed by atoms with E-state index in [1.807, 2.05) is 6.07 Å². The van der Waals surface area contributed by atoms with Gasteiger partial charge in [0.25, 0.3) is 0 Å². The van der Waals surface area contributed by atoms with Gasteiger partial charge in [-0.25, -0.2) is 4.39 Å². The van der Waals surface area contributed by atoms with Crippen molar-refractivity contribution in [2.75, 3.05) is 26.8 Å². The van der Waals surface area contributed by atoms with Crippen molar-refractivity contribution < 1.29 is 23.7 Å². The summed E-state index contributed by atoms with van der Waals surface area (Å²) in [6.45, 7) is 2.89. The van der Waals surface area contributed by atoms with Gasteiger partial charge >= 0.3 is 0 Å². The molecule has 4 rings (SSSR count). The highest BCUT2D eigenvalue weighted by atomic mass is 19.1. The van der Waals surface area contributed by atoms with Gasteiger partial charge in [-0.15, -0.1) is 0 Å². The van der Waals surface area contributed by atoms with E-state index in [4.69, 9.17) is 14.2 Å². The lowest BCUT2D eigenvalue weighted by Gasteiger charge is -2.36. The molecule has 2 aliphatic rings. The molecule has 1 N–H and O–H groups in total. The molecular weight excluding hydrogens is 349 g/mol. The highest BCUT2D eigenvalue weighted by Gasteiger charge is 2.30. The number of likely N-dealkylation sites (tertiary alicyclic amines) is 1. The van der Waals surface area contributed by atoms with Gasteiger partial charge in [0.05, 0.1) is 13.7 Å². The number of rotatable bonds is 5. The molecular formula is C21H24FNO4. The zero-order valence-electron chi connectivity index (χ0n) is 15.4. The van der Waals surface area contributed by atoms with Gasteiger partial charge in [-0.05, 0) is 35.7 Å². The molecule has 2 aliphatic heterocycles. The van der Waals surface area contributed by atoms with Gasteiger partial charge in [0, 0.05) is 32.1 Å². The zero-order valence-corrected chi connectivity index (χ0v) is 15.4. The molecule has 2 heterocycles. The van der Waals surface area contributed by atoms with Gasteiger partial charge < -0.3 is 19.3 Å². The van der Waals surface area contributed by atoms with E-state index >= 15 is 0 Å². The molecule has 0 saturated carbocycles. The van der Waals surface area contributed by atoms with E-state index in [1.54, 1.807) is 6.07 Å². The van der Waals surface area contributed by atoms with Crippen LogP contribution in [0.3, 0.4) is 0 Å². The van der Waals surface area contributed by atoms with Crippen molar-refractivity contribution in [3.8, 4) is 17.2 Å². The summed E-state index contributed by atoms with van der Waals surface area (Å²) in [5.41, 5.74) is 2.49. The summed E-state index contributed by atoms with van der Waals surface area (Å²) in [4.78, 5) is 2.23. The summed E-state index contributed by atoms with van der Waals surface area (Å²) in [7, 11) is 1.47. The number of aliphatic hydroxyl groups is 1. The zero-order chi connectivity index (χ0) is 18.8. The van der Waals surface area contributed by atoms with Crippen LogP contribution in [0.25, 0.3) is 0 Å². The molecule has 1 fully saturated rings. The lowest BCUT2D eigenvalue weighted by atomic mass is 10.0. The predicted octanol–water partition coefficient (Wildman–Crippen LogP) is 2.78. The Labute approximate surface area is 158 Å². The fourth-order valence-corrected chi connectivity index (χ4v) is 3.76. The maximum absolute atomic E-state index is 13.3. The SMILES string of the molecule is COc1cc(F)ccc1O[C@@H]1CCN(Cc2ccc3c(c2)CCO3)C[C@H]1O. The van der Waals surface area contributed by atoms with Crippen LogP contribution in [0.2, 0.25) is 0 Å². The van der Waals surface area contributed by atoms with Crippen molar-refractivity contribution in [2.24, 2.45) is 0 Å². The number of nitrogens with zero attached hydrogens (tertiary/aromatic N) is 1. The third-order valence-corrected chi connectivity index (χ3v) is 5.17. The molecule has 0 unspecified atom stereocenters. The largest absolute Gasteiger partial charge is 0.493 e. The second-order valence-corrected chi connectivity index (χ2v) is 7.08. The number of hydrogen-bond acceptors (Lipinski definition) is 5. The average Bonchev–Trinajstić information content (AvgIpc) is 3.13. The normalized spacial score (nSPS) is 22.2. The summed E-state index contributed by atoms with van der Waals surface area (Å²) >= 11 is 0. The smallest absolute Gasteiger partial charge is 0.163 e. The van der Waals surface area contributed by atoms with Crippen LogP contribution in [0, 0.1) is 5.82 Å². The summed E-state index contributed by atoms with van der Waals surface area (Å²) < 4.78 is 30.0. The lowest BCUT2D eigenvalue weighted by Crippen LogP contribution is -2.48. The van der Waals surface area contributed by atoms with E-state index in [0.717, 1.165) is 31.9 Å². The first-order valence-electron chi connectivity index (χ1n) is 9.27. The molecule has 5 nitrogen and oxygen atoms in total. The van der Waals surface area contributed by atoms with Gasteiger partial charge in [-0.3, -0.25) is 4.90 Å². The van der Waals surface area contributed by atoms with Gasteiger partial charge in [0.15, 0.2) is 11.5 Å². The first kappa shape index (κ1) is 18.1. The van der Waals surface area contributed by atoms with Crippen LogP contribution in [0.5, 0.6) is 17.2 Å². The van der Waals surface area contributed by atoms with E-state index in [2.05, 4.69) is 17.0 Å². The van der Waals surface area contributed by atoms with E-state index < -0.39 is 6.10 Å². The Morgan fingerprint density at radius 1 is 1.22 bits per heavy atom. The molecule has 27 heavy (non-hydrogen) atoms. The van der Waals surface area contributed by atoms with Crippen LogP contribution in [-0.2, 0) is 13.0 Å². The molecule has 2 aromatic rings. The van der Waals surface area contributed by atoms with Crippen molar-refractivity contribution in [2.45, 2.75) is 31.6 Å². The van der Waals surface area contributed by atoms with Crippen LogP contribution in [0.4, 0.5) is 4.39 Å². The van der Waals surface area contributed by atoms with Gasteiger partial charge in [-0.2, -0.15) is 0 Å². The van der Waals surface area contributed by atoms with E-state index in [0.29, 0.717) is 24.5 Å². The number of ether oxygens (including phenoxy) is 3. The Kier molecular flexibility index (Phi) is 5.18. The quantitative estimate of drug-likeness (QED) is 0.874. The van der Waals surface area contributed by atoms with Crippen molar-refractivity contribution in [3.05, 3.63) is 53.3 Å². The first-order valence-corrected chi connectivity index (χ1v) is 9.27. The molecule has 0 spiro atoms. The highest BCUT2D eigenvalue weighted by Crippen LogP contribution is 2.31. The van der Waals surface area contributed by atoms with Crippen LogP contribution in [0.1, 0.15) is 17.5 Å². The molecule has 1 saturated heterocycles. The number of β-amino-alcohol motifs (C(OH)–C–C–N with tert-alkyl or cyclic N) is 1. The van der Waals surface area contributed by atoms with Gasteiger partial charge in [0.1, 0.15) is 23.8 Å². The van der Waals surface area contributed by atoms with Crippen LogP contribution in [-0.4, -0.2) is 49.0 Å². The number of hydrogen-bond donors (Lipinski definition) is 1. The second-order valence-electron chi connectivity index (χ2n) is 7.08. The Hall–Kier alpha value is -2.31. The lowest BCUT2D eigenvalue weighted by molar-refractivity contribution is -0.0283. The third kappa shape index (κ3) is 4.01. The molecule has 0 amide bonds. The summed E-state index contributed by atoms with van der Waals surface area (Å²) in [6.07, 6.45) is 0.692. The van der Waals surface area contributed by atoms with Crippen LogP contribution >= 0.6 is 0 Å². The Balaban J connectivity index is 1.36. The standard InChI is InChI=1S/C21H24FNO4/c1-25-21-11-16(22)3-5-20(21)27-19-6-8-23(13-17(19)24)12-14-2-4-18-15(10-14)7-9-26-18/h2-5,10-11,17,19,24H,6-9,12-13H2,1H3/t17-,19-/m1/s1. The average molecular weight is 373 g/mol. The van der Waals surface area contributed by atoms with Crippen molar-refractivity contribution in [3.63, 3.8) is 0 Å². The van der Waals surface area contributed by atoms with E-state index in [9.17, 15) is 9.50 Å². The Morgan fingerprint density at radius 2 is 2.11 bits per heavy atom. The van der Waals surface area contributed by atoms with Crippen molar-refractivity contribution in [1.82, 2.24) is 4.90 Å². The fraction of sp³-hybridized carbons (Fsp3) is 0.429. The molecule has 0 radical (unpaired) electrons. The molecule has 2 aromatic carbocycles. The molecule has 0 aliphatic carbocycles. The first-order chi connectivity index (χ1) is 13.1. The fourth-order valence-electron chi connectivity index (χ4n) is 3.76. The van der Waals surface area contributed by atoms with Crippen LogP contribution in [0.15, 0.2) is 36.4 Å². The number of piperidine rings is 1. The highest BCUT2D eigenvalue weighted by molar-refractivity contribution is 5.41. The monoisotopic (exact) mass is 373 g/mol. The minimum Gasteiger partial charge on any atom is -0.493 e. The third-order valence-electron chi connectivity index (χ3n) is 5.17. The van der Waals surface area contributed by atoms with E-state index in [-0.39, 0.29) is 11.9 Å². The maximum Gasteiger partial charge on any atom is 0.163 e. The molecule has 144 valence electrons.